The van der Waals surface area contributed by atoms with E-state index in [9.17, 15) is 10.1 Å². The first-order valence-electron chi connectivity index (χ1n) is 6.49. The Morgan fingerprint density at radius 1 is 1.50 bits per heavy atom. The van der Waals surface area contributed by atoms with Crippen molar-refractivity contribution in [2.24, 2.45) is 0 Å². The van der Waals surface area contributed by atoms with Crippen LogP contribution in [0.25, 0.3) is 0 Å². The van der Waals surface area contributed by atoms with Gasteiger partial charge in [-0.2, -0.15) is 0 Å². The number of halogens is 1. The summed E-state index contributed by atoms with van der Waals surface area (Å²) in [5.74, 6) is 0.343. The van der Waals surface area contributed by atoms with Gasteiger partial charge in [0, 0.05) is 38.3 Å². The molecule has 0 spiro atoms. The number of hydrogen-bond donors (Lipinski definition) is 1. The summed E-state index contributed by atoms with van der Waals surface area (Å²) in [6.07, 6.45) is 0. The molecule has 1 saturated heterocycles. The first kappa shape index (κ1) is 16.7. The van der Waals surface area contributed by atoms with Crippen LogP contribution in [-0.2, 0) is 0 Å². The predicted octanol–water partition coefficient (Wildman–Crippen LogP) is 1.69. The van der Waals surface area contributed by atoms with E-state index < -0.39 is 4.92 Å². The summed E-state index contributed by atoms with van der Waals surface area (Å²) in [6, 6.07) is 6.96. The number of nitrogens with one attached hydrogen (secondary N) is 1. The van der Waals surface area contributed by atoms with E-state index in [1.165, 1.54) is 6.07 Å². The Morgan fingerprint density at radius 2 is 2.25 bits per heavy atom. The van der Waals surface area contributed by atoms with Crippen LogP contribution in [0, 0.1) is 10.1 Å². The maximum atomic E-state index is 10.8. The molecule has 20 heavy (non-hydrogen) atoms. The van der Waals surface area contributed by atoms with Crippen LogP contribution < -0.4 is 10.1 Å². The van der Waals surface area contributed by atoms with E-state index in [-0.39, 0.29) is 18.1 Å². The molecule has 1 fully saturated rings. The lowest BCUT2D eigenvalue weighted by atomic mass is 10.2. The molecule has 7 heteroatoms. The van der Waals surface area contributed by atoms with Gasteiger partial charge in [-0.15, -0.1) is 12.4 Å². The van der Waals surface area contributed by atoms with Crippen molar-refractivity contribution in [3.05, 3.63) is 34.4 Å². The molecule has 6 nitrogen and oxygen atoms in total. The monoisotopic (exact) mass is 301 g/mol. The largest absolute Gasteiger partial charge is 0.485 e. The molecule has 1 aliphatic rings. The average molecular weight is 302 g/mol. The molecule has 1 N–H and O–H groups in total. The number of nitrogens with zero attached hydrogens (tertiary/aromatic N) is 2. The van der Waals surface area contributed by atoms with Crippen molar-refractivity contribution in [2.75, 3.05) is 32.8 Å². The van der Waals surface area contributed by atoms with Gasteiger partial charge in [-0.1, -0.05) is 12.1 Å². The van der Waals surface area contributed by atoms with E-state index in [0.717, 1.165) is 26.2 Å². The smallest absolute Gasteiger partial charge is 0.310 e. The third-order valence-electron chi connectivity index (χ3n) is 3.34. The third kappa shape index (κ3) is 4.33. The molecule has 1 aromatic rings. The molecule has 0 aliphatic carbocycles. The summed E-state index contributed by atoms with van der Waals surface area (Å²) in [6.45, 7) is 6.37. The molecule has 1 heterocycles. The summed E-state index contributed by atoms with van der Waals surface area (Å²) in [5, 5.41) is 14.2. The van der Waals surface area contributed by atoms with Gasteiger partial charge in [-0.25, -0.2) is 0 Å². The summed E-state index contributed by atoms with van der Waals surface area (Å²) < 4.78 is 5.55. The minimum Gasteiger partial charge on any atom is -0.485 e. The van der Waals surface area contributed by atoms with Gasteiger partial charge in [0.1, 0.15) is 6.61 Å². The fourth-order valence-corrected chi connectivity index (χ4v) is 2.22. The molecular weight excluding hydrogens is 282 g/mol. The second-order valence-electron chi connectivity index (χ2n) is 4.66. The molecule has 0 aromatic heterocycles. The van der Waals surface area contributed by atoms with Crippen molar-refractivity contribution >= 4 is 18.1 Å². The minimum absolute atomic E-state index is 0. The van der Waals surface area contributed by atoms with Gasteiger partial charge in [0.05, 0.1) is 4.92 Å². The molecule has 1 aromatic carbocycles. The van der Waals surface area contributed by atoms with Gasteiger partial charge in [-0.05, 0) is 13.0 Å². The van der Waals surface area contributed by atoms with Crippen molar-refractivity contribution in [1.82, 2.24) is 10.2 Å². The van der Waals surface area contributed by atoms with Crippen LogP contribution in [-0.4, -0.2) is 48.7 Å². The van der Waals surface area contributed by atoms with Gasteiger partial charge in [0.2, 0.25) is 0 Å². The number of hydrogen-bond acceptors (Lipinski definition) is 5. The summed E-state index contributed by atoms with van der Waals surface area (Å²) in [7, 11) is 0. The third-order valence-corrected chi connectivity index (χ3v) is 3.34. The summed E-state index contributed by atoms with van der Waals surface area (Å²) in [5.41, 5.74) is 0.0239. The molecule has 0 saturated carbocycles. The van der Waals surface area contributed by atoms with Crippen molar-refractivity contribution in [3.63, 3.8) is 0 Å². The zero-order valence-corrected chi connectivity index (χ0v) is 12.3. The Labute approximate surface area is 124 Å². The summed E-state index contributed by atoms with van der Waals surface area (Å²) in [4.78, 5) is 12.8. The Bertz CT molecular complexity index is 445. The van der Waals surface area contributed by atoms with E-state index in [1.54, 1.807) is 18.2 Å². The zero-order valence-electron chi connectivity index (χ0n) is 11.4. The highest BCUT2D eigenvalue weighted by Gasteiger charge is 2.18. The van der Waals surface area contributed by atoms with Gasteiger partial charge >= 0.3 is 5.69 Å². The number of nitro benzene ring substituents is 1. The van der Waals surface area contributed by atoms with Crippen LogP contribution >= 0.6 is 12.4 Å². The fraction of sp³-hybridized carbons (Fsp3) is 0.538. The molecular formula is C13H20ClN3O3. The van der Waals surface area contributed by atoms with E-state index in [1.807, 2.05) is 0 Å². The van der Waals surface area contributed by atoms with Crippen molar-refractivity contribution in [2.45, 2.75) is 13.0 Å². The van der Waals surface area contributed by atoms with Gasteiger partial charge in [0.25, 0.3) is 0 Å². The number of benzene rings is 1. The van der Waals surface area contributed by atoms with E-state index in [0.29, 0.717) is 18.4 Å². The topological polar surface area (TPSA) is 67.6 Å². The van der Waals surface area contributed by atoms with Crippen LogP contribution in [0.4, 0.5) is 5.69 Å². The Hall–Kier alpha value is -1.37. The lowest BCUT2D eigenvalue weighted by Crippen LogP contribution is -2.50. The molecule has 0 amide bonds. The second-order valence-corrected chi connectivity index (χ2v) is 4.66. The Morgan fingerprint density at radius 3 is 2.95 bits per heavy atom. The molecule has 0 radical (unpaired) electrons. The minimum atomic E-state index is -0.414. The molecule has 1 aliphatic heterocycles. The van der Waals surface area contributed by atoms with Crippen molar-refractivity contribution in [1.29, 1.82) is 0 Å². The molecule has 2 rings (SSSR count). The highest BCUT2D eigenvalue weighted by molar-refractivity contribution is 5.85. The number of piperazine rings is 1. The highest BCUT2D eigenvalue weighted by Crippen LogP contribution is 2.25. The van der Waals surface area contributed by atoms with Crippen LogP contribution in [0.3, 0.4) is 0 Å². The number of para-hydroxylation sites is 2. The van der Waals surface area contributed by atoms with Crippen LogP contribution in [0.1, 0.15) is 6.92 Å². The molecule has 112 valence electrons. The number of nitro groups is 1. The van der Waals surface area contributed by atoms with Crippen molar-refractivity contribution < 1.29 is 9.66 Å². The average Bonchev–Trinajstić information content (AvgIpc) is 2.41. The predicted molar refractivity (Wildman–Crippen MR) is 79.7 cm³/mol. The molecule has 0 unspecified atom stereocenters. The van der Waals surface area contributed by atoms with Gasteiger partial charge in [-0.3, -0.25) is 15.0 Å². The summed E-state index contributed by atoms with van der Waals surface area (Å²) >= 11 is 0. The van der Waals surface area contributed by atoms with Crippen LogP contribution in [0.2, 0.25) is 0 Å². The second kappa shape index (κ2) is 8.04. The maximum Gasteiger partial charge on any atom is 0.310 e. The first-order chi connectivity index (χ1) is 9.18. The van der Waals surface area contributed by atoms with E-state index in [2.05, 4.69) is 17.1 Å². The molecule has 1 atom stereocenters. The standard InChI is InChI=1S/C13H19N3O3.ClH/c1-11-10-14-6-7-15(11)8-9-19-13-5-3-2-4-12(13)16(17)18;/h2-5,11,14H,6-10H2,1H3;1H/t11-;/m1./s1. The highest BCUT2D eigenvalue weighted by atomic mass is 35.5. The quantitative estimate of drug-likeness (QED) is 0.662. The van der Waals surface area contributed by atoms with Crippen LogP contribution in [0.5, 0.6) is 5.75 Å². The maximum absolute atomic E-state index is 10.8. The lowest BCUT2D eigenvalue weighted by Gasteiger charge is -2.33. The van der Waals surface area contributed by atoms with E-state index in [4.69, 9.17) is 4.74 Å². The normalized spacial score (nSPS) is 19.1. The number of rotatable bonds is 5. The Balaban J connectivity index is 0.00000200. The fourth-order valence-electron chi connectivity index (χ4n) is 2.22. The van der Waals surface area contributed by atoms with Crippen molar-refractivity contribution in [3.8, 4) is 5.75 Å². The Kier molecular flexibility index (Phi) is 6.70. The molecule has 0 bridgehead atoms. The number of ether oxygens (including phenoxy) is 1. The van der Waals surface area contributed by atoms with Gasteiger partial charge in [0.15, 0.2) is 5.75 Å². The zero-order chi connectivity index (χ0) is 13.7. The van der Waals surface area contributed by atoms with Gasteiger partial charge < -0.3 is 10.1 Å². The first-order valence-corrected chi connectivity index (χ1v) is 6.49. The van der Waals surface area contributed by atoms with E-state index >= 15 is 0 Å². The van der Waals surface area contributed by atoms with Crippen LogP contribution in [0.15, 0.2) is 24.3 Å². The SMILES string of the molecule is C[C@@H]1CNCCN1CCOc1ccccc1[N+](=O)[O-].Cl. The lowest BCUT2D eigenvalue weighted by molar-refractivity contribution is -0.385.